The lowest BCUT2D eigenvalue weighted by Crippen LogP contribution is -2.39. The van der Waals surface area contributed by atoms with E-state index in [1.54, 1.807) is 0 Å². The Hall–Kier alpha value is -1.88. The first-order chi connectivity index (χ1) is 12.6. The summed E-state index contributed by atoms with van der Waals surface area (Å²) >= 11 is 0. The molecule has 2 bridgehead atoms. The van der Waals surface area contributed by atoms with Gasteiger partial charge in [0.15, 0.2) is 0 Å². The number of nitrogens with one attached hydrogen (secondary N) is 2. The van der Waals surface area contributed by atoms with Crippen LogP contribution in [0.5, 0.6) is 0 Å². The van der Waals surface area contributed by atoms with Gasteiger partial charge in [-0.2, -0.15) is 0 Å². The van der Waals surface area contributed by atoms with E-state index < -0.39 is 0 Å². The summed E-state index contributed by atoms with van der Waals surface area (Å²) in [5, 5.41) is 6.65. The van der Waals surface area contributed by atoms with E-state index in [9.17, 15) is 9.59 Å². The minimum atomic E-state index is 0.0612. The molecule has 3 rings (SSSR count). The van der Waals surface area contributed by atoms with E-state index in [4.69, 9.17) is 0 Å². The van der Waals surface area contributed by atoms with Gasteiger partial charge in [0.2, 0.25) is 5.91 Å². The Morgan fingerprint density at radius 2 is 1.69 bits per heavy atom. The molecule has 1 aromatic rings. The second kappa shape index (κ2) is 8.67. The second-order valence-electron chi connectivity index (χ2n) is 7.63. The van der Waals surface area contributed by atoms with Crippen molar-refractivity contribution < 1.29 is 9.59 Å². The van der Waals surface area contributed by atoms with E-state index in [2.05, 4.69) is 10.6 Å². The van der Waals surface area contributed by atoms with Crippen molar-refractivity contribution in [3.8, 4) is 0 Å². The number of hydrogen-bond acceptors (Lipinski definition) is 3. The van der Waals surface area contributed by atoms with Crippen molar-refractivity contribution in [3.05, 3.63) is 35.4 Å². The summed E-state index contributed by atoms with van der Waals surface area (Å²) in [4.78, 5) is 26.4. The summed E-state index contributed by atoms with van der Waals surface area (Å²) in [6, 6.07) is 8.83. The van der Waals surface area contributed by atoms with Gasteiger partial charge >= 0.3 is 0 Å². The molecule has 2 heterocycles. The van der Waals surface area contributed by atoms with Crippen LogP contribution in [0.15, 0.2) is 24.3 Å². The number of nitrogens with zero attached hydrogens (tertiary/aromatic N) is 1. The summed E-state index contributed by atoms with van der Waals surface area (Å²) in [5.74, 6) is 0.716. The largest absolute Gasteiger partial charge is 0.352 e. The number of carbonyl (C=O) groups is 2. The lowest BCUT2D eigenvalue weighted by molar-refractivity contribution is -0.122. The second-order valence-corrected chi connectivity index (χ2v) is 7.63. The van der Waals surface area contributed by atoms with Crippen molar-refractivity contribution in [3.63, 3.8) is 0 Å². The molecule has 0 saturated carbocycles. The molecule has 5 heteroatoms. The van der Waals surface area contributed by atoms with E-state index in [1.165, 1.54) is 12.8 Å². The quantitative estimate of drug-likeness (QED) is 0.789. The molecule has 2 fully saturated rings. The normalized spacial score (nSPS) is 24.3. The average Bonchev–Trinajstić information content (AvgIpc) is 2.99. The zero-order valence-corrected chi connectivity index (χ0v) is 16.0. The Morgan fingerprint density at radius 3 is 2.27 bits per heavy atom. The Bertz CT molecular complexity index is 613. The third-order valence-electron chi connectivity index (χ3n) is 5.79. The third-order valence-corrected chi connectivity index (χ3v) is 5.79. The predicted molar refractivity (Wildman–Crippen MR) is 103 cm³/mol. The summed E-state index contributed by atoms with van der Waals surface area (Å²) in [6.45, 7) is 5.92. The molecule has 2 aliphatic heterocycles. The smallest absolute Gasteiger partial charge is 0.253 e. The first-order valence-electron chi connectivity index (χ1n) is 10.00. The van der Waals surface area contributed by atoms with Crippen LogP contribution >= 0.6 is 0 Å². The zero-order valence-electron chi connectivity index (χ0n) is 16.0. The molecule has 0 radical (unpaired) electrons. The molecule has 0 aromatic heterocycles. The van der Waals surface area contributed by atoms with Crippen molar-refractivity contribution in [2.45, 2.75) is 64.6 Å². The van der Waals surface area contributed by atoms with Crippen molar-refractivity contribution in [1.82, 2.24) is 15.5 Å². The Morgan fingerprint density at radius 1 is 1.08 bits per heavy atom. The highest BCUT2D eigenvalue weighted by Gasteiger charge is 2.34. The van der Waals surface area contributed by atoms with Crippen molar-refractivity contribution in [1.29, 1.82) is 0 Å². The van der Waals surface area contributed by atoms with Crippen LogP contribution in [0.4, 0.5) is 0 Å². The van der Waals surface area contributed by atoms with Crippen LogP contribution in [-0.4, -0.2) is 41.9 Å². The number of benzene rings is 1. The number of hydrogen-bond donors (Lipinski definition) is 2. The van der Waals surface area contributed by atoms with Gasteiger partial charge in [-0.25, -0.2) is 0 Å². The first kappa shape index (κ1) is 18.9. The molecule has 5 nitrogen and oxygen atoms in total. The minimum absolute atomic E-state index is 0.0612. The third kappa shape index (κ3) is 4.64. The molecule has 0 aliphatic carbocycles. The summed E-state index contributed by atoms with van der Waals surface area (Å²) in [6.07, 6.45) is 5.42. The predicted octanol–water partition coefficient (Wildman–Crippen LogP) is 2.71. The van der Waals surface area contributed by atoms with Crippen LogP contribution in [0.1, 0.15) is 61.9 Å². The summed E-state index contributed by atoms with van der Waals surface area (Å²) < 4.78 is 0. The van der Waals surface area contributed by atoms with Crippen molar-refractivity contribution >= 4 is 11.8 Å². The van der Waals surface area contributed by atoms with E-state index in [-0.39, 0.29) is 11.8 Å². The molecule has 2 saturated heterocycles. The van der Waals surface area contributed by atoms with Crippen LogP contribution in [0, 0.1) is 5.92 Å². The first-order valence-corrected chi connectivity index (χ1v) is 10.00. The van der Waals surface area contributed by atoms with Crippen LogP contribution in [0.25, 0.3) is 0 Å². The van der Waals surface area contributed by atoms with Gasteiger partial charge in [-0.1, -0.05) is 12.1 Å². The fourth-order valence-electron chi connectivity index (χ4n) is 4.34. The van der Waals surface area contributed by atoms with E-state index in [0.717, 1.165) is 18.4 Å². The molecule has 1 aromatic carbocycles. The molecule has 2 N–H and O–H groups in total. The van der Waals surface area contributed by atoms with Crippen molar-refractivity contribution in [2.75, 3.05) is 13.1 Å². The maximum atomic E-state index is 12.3. The molecule has 2 amide bonds. The highest BCUT2D eigenvalue weighted by molar-refractivity contribution is 5.94. The fourth-order valence-corrected chi connectivity index (χ4v) is 4.34. The average molecular weight is 357 g/mol. The highest BCUT2D eigenvalue weighted by atomic mass is 16.2. The van der Waals surface area contributed by atoms with Crippen molar-refractivity contribution in [2.24, 2.45) is 5.92 Å². The van der Waals surface area contributed by atoms with Gasteiger partial charge in [0.05, 0.1) is 0 Å². The monoisotopic (exact) mass is 357 g/mol. The van der Waals surface area contributed by atoms with Crippen LogP contribution < -0.4 is 10.6 Å². The van der Waals surface area contributed by atoms with Gasteiger partial charge in [0.25, 0.3) is 5.91 Å². The molecule has 2 unspecified atom stereocenters. The van der Waals surface area contributed by atoms with Gasteiger partial charge < -0.3 is 15.5 Å². The maximum Gasteiger partial charge on any atom is 0.253 e. The number of fused-ring (bicyclic) bond motifs is 2. The summed E-state index contributed by atoms with van der Waals surface area (Å²) in [7, 11) is 0. The number of amides is 2. The van der Waals surface area contributed by atoms with E-state index >= 15 is 0 Å². The number of carbonyl (C=O) groups excluding carboxylic acids is 2. The number of rotatable bonds is 7. The molecule has 2 atom stereocenters. The SMILES string of the molecule is CCN(CC)C(=O)c1ccc(CNC(=O)CC2CC3CCC(C2)N3)cc1. The standard InChI is InChI=1S/C21H31N3O2/c1-3-24(4-2)21(26)17-7-5-15(6-8-17)14-22-20(25)13-16-11-18-9-10-19(12-16)23-18/h5-8,16,18-19,23H,3-4,9-14H2,1-2H3,(H,22,25). The maximum absolute atomic E-state index is 12.3. The fraction of sp³-hybridized carbons (Fsp3) is 0.619. The molecular formula is C21H31N3O2. The highest BCUT2D eigenvalue weighted by Crippen LogP contribution is 2.32. The van der Waals surface area contributed by atoms with E-state index in [1.807, 2.05) is 43.0 Å². The van der Waals surface area contributed by atoms with Gasteiger partial charge in [-0.3, -0.25) is 9.59 Å². The van der Waals surface area contributed by atoms with E-state index in [0.29, 0.717) is 49.6 Å². The molecular weight excluding hydrogens is 326 g/mol. The Kier molecular flexibility index (Phi) is 6.30. The number of piperidine rings is 1. The van der Waals surface area contributed by atoms with Gasteiger partial charge in [-0.15, -0.1) is 0 Å². The minimum Gasteiger partial charge on any atom is -0.352 e. The Labute approximate surface area is 156 Å². The van der Waals surface area contributed by atoms with Crippen LogP contribution in [0.2, 0.25) is 0 Å². The van der Waals surface area contributed by atoms with Gasteiger partial charge in [0, 0.05) is 43.7 Å². The van der Waals surface area contributed by atoms with Gasteiger partial charge in [-0.05, 0) is 63.1 Å². The van der Waals surface area contributed by atoms with Crippen LogP contribution in [0.3, 0.4) is 0 Å². The zero-order chi connectivity index (χ0) is 18.5. The molecule has 2 aliphatic rings. The molecule has 26 heavy (non-hydrogen) atoms. The van der Waals surface area contributed by atoms with Crippen LogP contribution in [-0.2, 0) is 11.3 Å². The van der Waals surface area contributed by atoms with Gasteiger partial charge in [0.1, 0.15) is 0 Å². The summed E-state index contributed by atoms with van der Waals surface area (Å²) in [5.41, 5.74) is 1.73. The molecule has 0 spiro atoms. The molecule has 142 valence electrons. The topological polar surface area (TPSA) is 61.4 Å². The lowest BCUT2D eigenvalue weighted by Gasteiger charge is -2.28. The lowest BCUT2D eigenvalue weighted by atomic mass is 9.89. The Balaban J connectivity index is 1.45.